The molecule has 22 heavy (non-hydrogen) atoms. The van der Waals surface area contributed by atoms with Gasteiger partial charge in [-0.25, -0.2) is 0 Å². The van der Waals surface area contributed by atoms with Crippen molar-refractivity contribution in [2.24, 2.45) is 0 Å². The average molecular weight is 331 g/mol. The number of carbonyl (C=O) groups is 1. The van der Waals surface area contributed by atoms with E-state index in [1.165, 1.54) is 0 Å². The molecule has 0 saturated carbocycles. The molecule has 0 aliphatic carbocycles. The molecule has 0 aromatic heterocycles. The van der Waals surface area contributed by atoms with Gasteiger partial charge in [-0.1, -0.05) is 0 Å². The van der Waals surface area contributed by atoms with Crippen molar-refractivity contribution >= 4 is 18.3 Å². The quantitative estimate of drug-likeness (QED) is 0.726. The predicted molar refractivity (Wildman–Crippen MR) is 85.8 cm³/mol. The van der Waals surface area contributed by atoms with Gasteiger partial charge in [0.1, 0.15) is 11.5 Å². The Morgan fingerprint density at radius 3 is 2.50 bits per heavy atom. The first kappa shape index (κ1) is 18.5. The fourth-order valence-corrected chi connectivity index (χ4v) is 2.37. The molecule has 1 heterocycles. The zero-order valence-electron chi connectivity index (χ0n) is 12.8. The number of hydrogen-bond donors (Lipinski definition) is 3. The zero-order valence-corrected chi connectivity index (χ0v) is 13.6. The van der Waals surface area contributed by atoms with Crippen molar-refractivity contribution < 1.29 is 19.4 Å². The highest BCUT2D eigenvalue weighted by molar-refractivity contribution is 5.85. The smallest absolute Gasteiger partial charge is 0.237 e. The maximum atomic E-state index is 11.9. The molecule has 124 valence electrons. The molecule has 3 N–H and O–H groups in total. The Bertz CT molecular complexity index is 470. The maximum Gasteiger partial charge on any atom is 0.237 e. The molecule has 0 radical (unpaired) electrons. The SMILES string of the molecule is COc1cc(OC)cc(C(O)CNC(=O)C2CCCN2)c1.Cl. The van der Waals surface area contributed by atoms with Crippen LogP contribution in [-0.2, 0) is 4.79 Å². The van der Waals surface area contributed by atoms with Gasteiger partial charge < -0.3 is 25.2 Å². The minimum absolute atomic E-state index is 0. The molecule has 2 atom stereocenters. The molecule has 0 spiro atoms. The summed E-state index contributed by atoms with van der Waals surface area (Å²) < 4.78 is 10.3. The largest absolute Gasteiger partial charge is 0.497 e. The summed E-state index contributed by atoms with van der Waals surface area (Å²) in [5.74, 6) is 1.14. The van der Waals surface area contributed by atoms with Gasteiger partial charge in [-0.2, -0.15) is 0 Å². The molecular formula is C15H23ClN2O4. The molecule has 6 nitrogen and oxygen atoms in total. The lowest BCUT2D eigenvalue weighted by atomic mass is 10.1. The van der Waals surface area contributed by atoms with Crippen LogP contribution in [0.1, 0.15) is 24.5 Å². The monoisotopic (exact) mass is 330 g/mol. The molecular weight excluding hydrogens is 308 g/mol. The van der Waals surface area contributed by atoms with Crippen LogP contribution in [0.25, 0.3) is 0 Å². The predicted octanol–water partition coefficient (Wildman–Crippen LogP) is 1.03. The van der Waals surface area contributed by atoms with Crippen LogP contribution < -0.4 is 20.1 Å². The Kier molecular flexibility index (Phi) is 7.44. The van der Waals surface area contributed by atoms with Gasteiger partial charge in [0, 0.05) is 12.6 Å². The van der Waals surface area contributed by atoms with E-state index in [0.29, 0.717) is 17.1 Å². The van der Waals surface area contributed by atoms with E-state index in [1.54, 1.807) is 32.4 Å². The van der Waals surface area contributed by atoms with Gasteiger partial charge in [-0.15, -0.1) is 12.4 Å². The highest BCUT2D eigenvalue weighted by Crippen LogP contribution is 2.26. The first-order chi connectivity index (χ1) is 10.1. The Labute approximate surface area is 136 Å². The van der Waals surface area contributed by atoms with Crippen LogP contribution in [-0.4, -0.2) is 44.4 Å². The second-order valence-corrected chi connectivity index (χ2v) is 5.06. The maximum absolute atomic E-state index is 11.9. The fourth-order valence-electron chi connectivity index (χ4n) is 2.37. The highest BCUT2D eigenvalue weighted by Gasteiger charge is 2.22. The third-order valence-electron chi connectivity index (χ3n) is 3.60. The van der Waals surface area contributed by atoms with Gasteiger partial charge in [0.15, 0.2) is 0 Å². The summed E-state index contributed by atoms with van der Waals surface area (Å²) in [5.41, 5.74) is 0.644. The highest BCUT2D eigenvalue weighted by atomic mass is 35.5. The van der Waals surface area contributed by atoms with Crippen LogP contribution in [0.15, 0.2) is 18.2 Å². The van der Waals surface area contributed by atoms with E-state index in [1.807, 2.05) is 0 Å². The Hall–Kier alpha value is -1.50. The second kappa shape index (κ2) is 8.82. The van der Waals surface area contributed by atoms with Crippen LogP contribution in [0, 0.1) is 0 Å². The summed E-state index contributed by atoms with van der Waals surface area (Å²) in [7, 11) is 3.11. The number of aliphatic hydroxyl groups is 1. The normalized spacial score (nSPS) is 18.2. The molecule has 2 unspecified atom stereocenters. The van der Waals surface area contributed by atoms with Gasteiger partial charge in [0.25, 0.3) is 0 Å². The first-order valence-electron chi connectivity index (χ1n) is 7.06. The first-order valence-corrected chi connectivity index (χ1v) is 7.06. The van der Waals surface area contributed by atoms with Crippen molar-refractivity contribution in [3.05, 3.63) is 23.8 Å². The summed E-state index contributed by atoms with van der Waals surface area (Å²) in [6.45, 7) is 1.03. The lowest BCUT2D eigenvalue weighted by Crippen LogP contribution is -2.41. The van der Waals surface area contributed by atoms with Crippen molar-refractivity contribution in [3.63, 3.8) is 0 Å². The third kappa shape index (κ3) is 4.76. The standard InChI is InChI=1S/C15H22N2O4.ClH/c1-20-11-6-10(7-12(8-11)21-2)14(18)9-17-15(19)13-4-3-5-16-13;/h6-8,13-14,16,18H,3-5,9H2,1-2H3,(H,17,19);1H. The van der Waals surface area contributed by atoms with E-state index < -0.39 is 6.10 Å². The lowest BCUT2D eigenvalue weighted by molar-refractivity contribution is -0.123. The van der Waals surface area contributed by atoms with E-state index >= 15 is 0 Å². The molecule has 1 saturated heterocycles. The molecule has 1 aliphatic heterocycles. The van der Waals surface area contributed by atoms with E-state index in [4.69, 9.17) is 9.47 Å². The molecule has 1 fully saturated rings. The lowest BCUT2D eigenvalue weighted by Gasteiger charge is -2.16. The number of nitrogens with one attached hydrogen (secondary N) is 2. The summed E-state index contributed by atoms with van der Waals surface area (Å²) in [4.78, 5) is 11.9. The third-order valence-corrected chi connectivity index (χ3v) is 3.60. The Balaban J connectivity index is 0.00000242. The number of aliphatic hydroxyl groups excluding tert-OH is 1. The van der Waals surface area contributed by atoms with Crippen molar-refractivity contribution in [2.45, 2.75) is 25.0 Å². The molecule has 1 aliphatic rings. The molecule has 1 aromatic carbocycles. The van der Waals surface area contributed by atoms with Gasteiger partial charge in [0.05, 0.1) is 26.4 Å². The minimum Gasteiger partial charge on any atom is -0.497 e. The van der Waals surface area contributed by atoms with E-state index in [-0.39, 0.29) is 30.9 Å². The molecule has 2 rings (SSSR count). The van der Waals surface area contributed by atoms with Crippen LogP contribution in [0.5, 0.6) is 11.5 Å². The number of methoxy groups -OCH3 is 2. The van der Waals surface area contributed by atoms with Gasteiger partial charge in [-0.05, 0) is 37.1 Å². The number of benzene rings is 1. The number of amides is 1. The van der Waals surface area contributed by atoms with Crippen molar-refractivity contribution in [1.29, 1.82) is 0 Å². The van der Waals surface area contributed by atoms with Crippen molar-refractivity contribution in [1.82, 2.24) is 10.6 Å². The topological polar surface area (TPSA) is 79.8 Å². The molecule has 1 amide bonds. The summed E-state index contributed by atoms with van der Waals surface area (Å²) in [6.07, 6.45) is 1.04. The number of carbonyl (C=O) groups excluding carboxylic acids is 1. The van der Waals surface area contributed by atoms with Gasteiger partial charge in [-0.3, -0.25) is 4.79 Å². The van der Waals surface area contributed by atoms with Crippen LogP contribution in [0.2, 0.25) is 0 Å². The van der Waals surface area contributed by atoms with Crippen LogP contribution in [0.4, 0.5) is 0 Å². The molecule has 7 heteroatoms. The molecule has 1 aromatic rings. The molecule has 0 bridgehead atoms. The van der Waals surface area contributed by atoms with Crippen LogP contribution >= 0.6 is 12.4 Å². The number of hydrogen-bond acceptors (Lipinski definition) is 5. The minimum atomic E-state index is -0.806. The summed E-state index contributed by atoms with van der Waals surface area (Å²) in [6, 6.07) is 5.05. The average Bonchev–Trinajstić information content (AvgIpc) is 3.06. The number of rotatable bonds is 6. The second-order valence-electron chi connectivity index (χ2n) is 5.06. The number of ether oxygens (including phenoxy) is 2. The Morgan fingerprint density at radius 1 is 1.36 bits per heavy atom. The van der Waals surface area contributed by atoms with Crippen molar-refractivity contribution in [3.8, 4) is 11.5 Å². The Morgan fingerprint density at radius 2 is 2.00 bits per heavy atom. The number of halogens is 1. The summed E-state index contributed by atoms with van der Waals surface area (Å²) in [5, 5.41) is 16.1. The van der Waals surface area contributed by atoms with E-state index in [0.717, 1.165) is 19.4 Å². The van der Waals surface area contributed by atoms with Gasteiger partial charge in [0.2, 0.25) is 5.91 Å². The van der Waals surface area contributed by atoms with E-state index in [2.05, 4.69) is 10.6 Å². The van der Waals surface area contributed by atoms with Crippen LogP contribution in [0.3, 0.4) is 0 Å². The van der Waals surface area contributed by atoms with Crippen molar-refractivity contribution in [2.75, 3.05) is 27.3 Å². The van der Waals surface area contributed by atoms with E-state index in [9.17, 15) is 9.90 Å². The van der Waals surface area contributed by atoms with Gasteiger partial charge >= 0.3 is 0 Å². The fraction of sp³-hybridized carbons (Fsp3) is 0.533. The summed E-state index contributed by atoms with van der Waals surface area (Å²) >= 11 is 0. The zero-order chi connectivity index (χ0) is 15.2.